The number of carbonyl (C=O) groups excluding carboxylic acids is 2. The molecule has 0 heterocycles. The van der Waals surface area contributed by atoms with Crippen molar-refractivity contribution in [2.75, 3.05) is 24.7 Å². The molecule has 0 saturated heterocycles. The van der Waals surface area contributed by atoms with Crippen molar-refractivity contribution in [3.63, 3.8) is 0 Å². The number of carboxylic acid groups (broad SMARTS) is 1. The summed E-state index contributed by atoms with van der Waals surface area (Å²) < 4.78 is 5.38. The summed E-state index contributed by atoms with van der Waals surface area (Å²) >= 11 is 1.67. The minimum absolute atomic E-state index is 0.139. The Bertz CT molecular complexity index is 1090. The second kappa shape index (κ2) is 17.7. The predicted octanol–water partition coefficient (Wildman–Crippen LogP) is 1.03. The van der Waals surface area contributed by atoms with Crippen LogP contribution in [-0.2, 0) is 14.3 Å². The van der Waals surface area contributed by atoms with E-state index in [2.05, 4.69) is 10.6 Å². The molecule has 0 radical (unpaired) electrons. The highest BCUT2D eigenvalue weighted by Crippen LogP contribution is 2.19. The number of aliphatic carboxylic acids is 1. The molecule has 7 N–H and O–H groups in total. The van der Waals surface area contributed by atoms with E-state index < -0.39 is 67.3 Å². The van der Waals surface area contributed by atoms with Gasteiger partial charge in [0.2, 0.25) is 5.91 Å². The summed E-state index contributed by atoms with van der Waals surface area (Å²) in [7, 11) is 0. The van der Waals surface area contributed by atoms with Gasteiger partial charge in [-0.05, 0) is 41.2 Å². The second-order valence-corrected chi connectivity index (χ2v) is 10.9. The predicted molar refractivity (Wildman–Crippen MR) is 155 cm³/mol. The molecule has 2 rings (SSSR count). The van der Waals surface area contributed by atoms with Crippen LogP contribution in [0.1, 0.15) is 37.0 Å². The standard InChI is InChI=1S/C29H40N2O9S/c1-3-41-15-7-14-40-24(29(38)39)16-22(33)25(31-18(2)32)27(36)26(35)23(34)17-30-28(37)21-12-10-20(11-13-21)19-8-5-4-6-9-19/h4-6,8-13,22-27,33-36H,3,7,14-17H2,1-2H3,(H,30,37)(H,31,32)(H,38,39)/t22-,23+,24?,25?,26+,27?/m0/s1. The van der Waals surface area contributed by atoms with E-state index in [4.69, 9.17) is 4.74 Å². The molecule has 0 aliphatic heterocycles. The lowest BCUT2D eigenvalue weighted by atomic mass is 9.93. The van der Waals surface area contributed by atoms with Gasteiger partial charge in [-0.3, -0.25) is 9.59 Å². The van der Waals surface area contributed by atoms with Gasteiger partial charge < -0.3 is 40.9 Å². The smallest absolute Gasteiger partial charge is 0.332 e. The zero-order valence-electron chi connectivity index (χ0n) is 23.2. The number of aliphatic hydroxyl groups is 4. The molecule has 0 bridgehead atoms. The van der Waals surface area contributed by atoms with Gasteiger partial charge in [-0.25, -0.2) is 4.79 Å². The number of nitrogens with one attached hydrogen (secondary N) is 2. The Kier molecular flexibility index (Phi) is 14.8. The third-order valence-electron chi connectivity index (χ3n) is 6.31. The Balaban J connectivity index is 1.97. The zero-order valence-corrected chi connectivity index (χ0v) is 24.0. The monoisotopic (exact) mass is 592 g/mol. The summed E-state index contributed by atoms with van der Waals surface area (Å²) in [5.41, 5.74) is 2.20. The van der Waals surface area contributed by atoms with Crippen molar-refractivity contribution in [2.45, 2.75) is 63.3 Å². The van der Waals surface area contributed by atoms with Crippen molar-refractivity contribution < 1.29 is 44.7 Å². The molecule has 0 spiro atoms. The normalized spacial score (nSPS) is 15.7. The molecule has 0 fully saturated rings. The quantitative estimate of drug-likeness (QED) is 0.123. The van der Waals surface area contributed by atoms with Gasteiger partial charge in [-0.2, -0.15) is 11.8 Å². The minimum Gasteiger partial charge on any atom is -0.479 e. The molecule has 41 heavy (non-hydrogen) atoms. The van der Waals surface area contributed by atoms with E-state index in [1.807, 2.05) is 37.3 Å². The van der Waals surface area contributed by atoms with E-state index in [9.17, 15) is 39.9 Å². The van der Waals surface area contributed by atoms with Crippen LogP contribution < -0.4 is 10.6 Å². The maximum atomic E-state index is 12.6. The van der Waals surface area contributed by atoms with E-state index in [0.717, 1.165) is 29.6 Å². The number of thioether (sulfide) groups is 1. The molecule has 0 saturated carbocycles. The second-order valence-electron chi connectivity index (χ2n) is 9.48. The molecule has 0 aliphatic carbocycles. The fraction of sp³-hybridized carbons (Fsp3) is 0.483. The first kappa shape index (κ1) is 34.2. The van der Waals surface area contributed by atoms with E-state index >= 15 is 0 Å². The molecule has 226 valence electrons. The van der Waals surface area contributed by atoms with Gasteiger partial charge in [0.05, 0.1) is 18.2 Å². The van der Waals surface area contributed by atoms with Gasteiger partial charge in [-0.15, -0.1) is 0 Å². The van der Waals surface area contributed by atoms with E-state index in [1.54, 1.807) is 36.0 Å². The Morgan fingerprint density at radius 1 is 0.902 bits per heavy atom. The van der Waals surface area contributed by atoms with Gasteiger partial charge in [0.1, 0.15) is 12.2 Å². The fourth-order valence-electron chi connectivity index (χ4n) is 4.09. The molecule has 2 aromatic carbocycles. The first-order chi connectivity index (χ1) is 19.5. The van der Waals surface area contributed by atoms with Crippen LogP contribution in [-0.4, -0.2) is 105 Å². The van der Waals surface area contributed by atoms with Crippen LogP contribution in [0.25, 0.3) is 11.1 Å². The highest BCUT2D eigenvalue weighted by molar-refractivity contribution is 7.99. The summed E-state index contributed by atoms with van der Waals surface area (Å²) in [5.74, 6) is -0.827. The van der Waals surface area contributed by atoms with Crippen molar-refractivity contribution in [1.82, 2.24) is 10.6 Å². The average molecular weight is 593 g/mol. The maximum absolute atomic E-state index is 12.6. The molecule has 0 aliphatic rings. The number of aliphatic hydroxyl groups excluding tert-OH is 4. The van der Waals surface area contributed by atoms with Crippen LogP contribution in [0.3, 0.4) is 0 Å². The van der Waals surface area contributed by atoms with Crippen molar-refractivity contribution in [2.24, 2.45) is 0 Å². The lowest BCUT2D eigenvalue weighted by Gasteiger charge is -2.33. The number of carbonyl (C=O) groups is 3. The van der Waals surface area contributed by atoms with Crippen LogP contribution in [0, 0.1) is 0 Å². The van der Waals surface area contributed by atoms with Gasteiger partial charge in [0, 0.05) is 32.1 Å². The Hall–Kier alpha value is -3.00. The largest absolute Gasteiger partial charge is 0.479 e. The summed E-state index contributed by atoms with van der Waals surface area (Å²) in [5, 5.41) is 56.7. The molecule has 6 atom stereocenters. The number of benzene rings is 2. The van der Waals surface area contributed by atoms with Gasteiger partial charge in [0.15, 0.2) is 6.10 Å². The van der Waals surface area contributed by atoms with Crippen molar-refractivity contribution in [1.29, 1.82) is 0 Å². The average Bonchev–Trinajstić information content (AvgIpc) is 2.97. The molecule has 3 unspecified atom stereocenters. The van der Waals surface area contributed by atoms with E-state index in [-0.39, 0.29) is 6.61 Å². The third kappa shape index (κ3) is 11.4. The lowest BCUT2D eigenvalue weighted by molar-refractivity contribution is -0.154. The first-order valence-corrected chi connectivity index (χ1v) is 14.6. The van der Waals surface area contributed by atoms with Crippen LogP contribution >= 0.6 is 11.8 Å². The van der Waals surface area contributed by atoms with Crippen LogP contribution in [0.4, 0.5) is 0 Å². The van der Waals surface area contributed by atoms with Crippen LogP contribution in [0.2, 0.25) is 0 Å². The fourth-order valence-corrected chi connectivity index (χ4v) is 4.70. The van der Waals surface area contributed by atoms with Gasteiger partial charge in [-0.1, -0.05) is 49.4 Å². The lowest BCUT2D eigenvalue weighted by Crippen LogP contribution is -2.58. The Morgan fingerprint density at radius 2 is 1.54 bits per heavy atom. The first-order valence-electron chi connectivity index (χ1n) is 13.4. The molecule has 2 amide bonds. The molecule has 11 nitrogen and oxygen atoms in total. The molecule has 2 aromatic rings. The Morgan fingerprint density at radius 3 is 2.12 bits per heavy atom. The highest BCUT2D eigenvalue weighted by atomic mass is 32.2. The topological polar surface area (TPSA) is 186 Å². The molecule has 12 heteroatoms. The van der Waals surface area contributed by atoms with Crippen molar-refractivity contribution in [3.8, 4) is 11.1 Å². The summed E-state index contributed by atoms with van der Waals surface area (Å²) in [6.45, 7) is 2.81. The van der Waals surface area contributed by atoms with Crippen molar-refractivity contribution >= 4 is 29.5 Å². The summed E-state index contributed by atoms with van der Waals surface area (Å²) in [4.78, 5) is 36.0. The third-order valence-corrected chi connectivity index (χ3v) is 7.30. The van der Waals surface area contributed by atoms with Crippen molar-refractivity contribution in [3.05, 3.63) is 60.2 Å². The number of rotatable bonds is 18. The molecule has 0 aromatic heterocycles. The number of hydrogen-bond acceptors (Lipinski definition) is 9. The number of amides is 2. The number of hydrogen-bond donors (Lipinski definition) is 7. The summed E-state index contributed by atoms with van der Waals surface area (Å²) in [6, 6.07) is 14.8. The van der Waals surface area contributed by atoms with Crippen LogP contribution in [0.5, 0.6) is 0 Å². The maximum Gasteiger partial charge on any atom is 0.332 e. The van der Waals surface area contributed by atoms with E-state index in [0.29, 0.717) is 12.0 Å². The highest BCUT2D eigenvalue weighted by Gasteiger charge is 2.38. The zero-order chi connectivity index (χ0) is 30.4. The van der Waals surface area contributed by atoms with E-state index in [1.165, 1.54) is 0 Å². The SMILES string of the molecule is CCSCCCOC(C[C@H](O)C(NC(C)=O)C(O)[C@H](O)[C@H](O)CNC(=O)c1ccc(-c2ccccc2)cc1)C(=O)O. The van der Waals surface area contributed by atoms with Crippen LogP contribution in [0.15, 0.2) is 54.6 Å². The Labute approximate surface area is 243 Å². The number of carboxylic acids is 1. The summed E-state index contributed by atoms with van der Waals surface area (Å²) in [6.07, 6.45) is -8.43. The van der Waals surface area contributed by atoms with Gasteiger partial charge in [0.25, 0.3) is 5.91 Å². The molecular weight excluding hydrogens is 552 g/mol. The number of ether oxygens (including phenoxy) is 1. The van der Waals surface area contributed by atoms with Gasteiger partial charge >= 0.3 is 5.97 Å². The minimum atomic E-state index is -1.91. The molecular formula is C29H40N2O9S.